The average molecular weight is 1380 g/mol. The van der Waals surface area contributed by atoms with Gasteiger partial charge in [-0.3, -0.25) is 0 Å². The van der Waals surface area contributed by atoms with Crippen LogP contribution in [0.1, 0.15) is 137 Å². The number of rotatable bonds is 25. The fourth-order valence-corrected chi connectivity index (χ4v) is 9.15. The fourth-order valence-electron chi connectivity index (χ4n) is 9.15. The highest BCUT2D eigenvalue weighted by molar-refractivity contribution is 6.24. The van der Waals surface area contributed by atoms with Gasteiger partial charge in [0.05, 0.1) is 66.4 Å². The molecule has 0 bridgehead atoms. The van der Waals surface area contributed by atoms with Crippen LogP contribution in [0, 0.1) is 0 Å². The lowest BCUT2D eigenvalue weighted by Gasteiger charge is -2.02. The Morgan fingerprint density at radius 3 is 0.680 bits per heavy atom. The van der Waals surface area contributed by atoms with Crippen molar-refractivity contribution in [2.75, 3.05) is 0 Å². The third-order valence-electron chi connectivity index (χ3n) is 14.8. The quantitative estimate of drug-likeness (QED) is 0.0292. The second-order valence-electron chi connectivity index (χ2n) is 22.5. The number of carbonyl (C=O) groups excluding carboxylic acids is 7. The van der Waals surface area contributed by atoms with Gasteiger partial charge in [0, 0.05) is 24.0 Å². The summed E-state index contributed by atoms with van der Waals surface area (Å²) in [5.41, 5.74) is 14.5. The van der Waals surface area contributed by atoms with E-state index in [4.69, 9.17) is 33.9 Å². The molecular weight excluding hydrogens is 1310 g/mol. The summed E-state index contributed by atoms with van der Waals surface area (Å²) >= 11 is 0. The van der Waals surface area contributed by atoms with E-state index < -0.39 is 35.8 Å². The van der Waals surface area contributed by atoms with E-state index in [1.807, 2.05) is 249 Å². The van der Waals surface area contributed by atoms with Gasteiger partial charge in [-0.25, -0.2) is 33.6 Å². The van der Waals surface area contributed by atoms with Crippen LogP contribution in [0.15, 0.2) is 297 Å². The first-order valence-corrected chi connectivity index (χ1v) is 32.8. The standard InChI is InChI=1S/C21H22N2O4.C21H15NO2.2C20H20N2O4/c1-16(18-10-5-3-6-11-18)22-26-20(24)14-9-15-21(25)27-23-17(2)19-12-7-4-8-13-19;23-20(14-15-8-2-1-3-9-15)24-22-21-18-12-6-4-10-16(18)17-11-5-7-13-19(17)21;2*1-15(17-9-5-3-6-10-17)21-25-19(23)13-14-20(24)26-22-16(2)18-11-7-4-8-12-18/h3-8,10-13H,9,14-15H2,1-2H3;1-13H,14H2;2*3-12H,13-14H2,1-2H3/b22-16-,23-17+;;2*21-15-,22-16+. The van der Waals surface area contributed by atoms with Crippen LogP contribution < -0.4 is 0 Å². The van der Waals surface area contributed by atoms with Gasteiger partial charge in [0.15, 0.2) is 0 Å². The summed E-state index contributed by atoms with van der Waals surface area (Å²) in [7, 11) is 0. The van der Waals surface area contributed by atoms with Crippen molar-refractivity contribution in [1.29, 1.82) is 0 Å². The number of hydrogen-bond donors (Lipinski definition) is 0. The van der Waals surface area contributed by atoms with Crippen molar-refractivity contribution in [1.82, 2.24) is 0 Å². The minimum absolute atomic E-state index is 0.0715. The molecule has 0 saturated heterocycles. The Bertz CT molecular complexity index is 4100. The van der Waals surface area contributed by atoms with Crippen LogP contribution in [-0.4, -0.2) is 81.8 Å². The lowest BCUT2D eigenvalue weighted by molar-refractivity contribution is -0.150. The molecule has 9 aromatic carbocycles. The van der Waals surface area contributed by atoms with Crippen molar-refractivity contribution in [2.24, 2.45) is 36.1 Å². The molecule has 0 amide bonds. The number of carbonyl (C=O) groups is 7. The maximum Gasteiger partial charge on any atom is 0.339 e. The largest absolute Gasteiger partial charge is 0.339 e. The van der Waals surface area contributed by atoms with Gasteiger partial charge < -0.3 is 33.9 Å². The van der Waals surface area contributed by atoms with Gasteiger partial charge >= 0.3 is 41.8 Å². The Hall–Kier alpha value is -13.0. The summed E-state index contributed by atoms with van der Waals surface area (Å²) in [4.78, 5) is 116. The van der Waals surface area contributed by atoms with E-state index >= 15 is 0 Å². The highest BCUT2D eigenvalue weighted by Gasteiger charge is 2.25. The molecule has 1 aliphatic rings. The fraction of sp³-hybridized carbons (Fsp3) is 0.171. The summed E-state index contributed by atoms with van der Waals surface area (Å²) in [6.07, 6.45) is 0.117. The molecule has 21 nitrogen and oxygen atoms in total. The van der Waals surface area contributed by atoms with Crippen LogP contribution in [0.5, 0.6) is 0 Å². The van der Waals surface area contributed by atoms with Crippen LogP contribution in [-0.2, 0) is 73.8 Å². The van der Waals surface area contributed by atoms with Crippen molar-refractivity contribution in [3.05, 3.63) is 311 Å². The zero-order valence-electron chi connectivity index (χ0n) is 57.8. The predicted octanol–water partition coefficient (Wildman–Crippen LogP) is 15.7. The van der Waals surface area contributed by atoms with E-state index in [1.165, 1.54) is 0 Å². The van der Waals surface area contributed by atoms with Crippen molar-refractivity contribution in [2.45, 2.75) is 92.9 Å². The first-order valence-electron chi connectivity index (χ1n) is 32.8. The molecule has 0 atom stereocenters. The number of benzene rings is 9. The Labute approximate surface area is 597 Å². The monoisotopic (exact) mass is 1380 g/mol. The molecule has 0 N–H and O–H groups in total. The minimum atomic E-state index is -0.610. The van der Waals surface area contributed by atoms with Gasteiger partial charge in [0.1, 0.15) is 5.71 Å². The van der Waals surface area contributed by atoms with Crippen molar-refractivity contribution < 1.29 is 67.4 Å². The Kier molecular flexibility index (Phi) is 32.1. The molecule has 0 aliphatic heterocycles. The molecule has 524 valence electrons. The molecule has 0 saturated carbocycles. The number of nitrogens with zero attached hydrogens (tertiary/aromatic N) is 7. The number of hydrogen-bond acceptors (Lipinski definition) is 21. The van der Waals surface area contributed by atoms with E-state index in [9.17, 15) is 33.6 Å². The van der Waals surface area contributed by atoms with Crippen LogP contribution >= 0.6 is 0 Å². The van der Waals surface area contributed by atoms with E-state index in [1.54, 1.807) is 41.5 Å². The highest BCUT2D eigenvalue weighted by Crippen LogP contribution is 2.36. The summed E-state index contributed by atoms with van der Waals surface area (Å²) < 4.78 is 0. The first kappa shape index (κ1) is 77.3. The van der Waals surface area contributed by atoms with E-state index in [0.29, 0.717) is 46.4 Å². The van der Waals surface area contributed by atoms with Crippen LogP contribution in [0.3, 0.4) is 0 Å². The molecule has 21 heteroatoms. The Morgan fingerprint density at radius 1 is 0.233 bits per heavy atom. The summed E-state index contributed by atoms with van der Waals surface area (Å²) in [6, 6.07) is 81.7. The van der Waals surface area contributed by atoms with Crippen LogP contribution in [0.2, 0.25) is 0 Å². The molecule has 0 spiro atoms. The molecular formula is C82H77N7O14. The summed E-state index contributed by atoms with van der Waals surface area (Å²) in [5, 5.41) is 26.9. The molecule has 0 radical (unpaired) electrons. The molecule has 103 heavy (non-hydrogen) atoms. The average Bonchev–Trinajstić information content (AvgIpc) is 1.62. The molecule has 10 rings (SSSR count). The number of oxime groups is 7. The van der Waals surface area contributed by atoms with Gasteiger partial charge in [-0.15, -0.1) is 0 Å². The van der Waals surface area contributed by atoms with Crippen molar-refractivity contribution in [3.63, 3.8) is 0 Å². The first-order chi connectivity index (χ1) is 50.0. The van der Waals surface area contributed by atoms with Gasteiger partial charge in [-0.05, 0) is 98.0 Å². The molecule has 0 fully saturated rings. The second kappa shape index (κ2) is 42.7. The van der Waals surface area contributed by atoms with Gasteiger partial charge in [0.2, 0.25) is 0 Å². The normalized spacial score (nSPS) is 11.7. The zero-order chi connectivity index (χ0) is 73.4. The molecule has 9 aromatic rings. The van der Waals surface area contributed by atoms with Crippen LogP contribution in [0.25, 0.3) is 11.1 Å². The third kappa shape index (κ3) is 27.7. The molecule has 1 aliphatic carbocycles. The maximum absolute atomic E-state index is 12.1. The Balaban J connectivity index is 0.000000192. The lowest BCUT2D eigenvalue weighted by atomic mass is 10.1. The van der Waals surface area contributed by atoms with Gasteiger partial charge in [-0.1, -0.05) is 297 Å². The highest BCUT2D eigenvalue weighted by atomic mass is 16.7. The third-order valence-corrected chi connectivity index (χ3v) is 14.8. The SMILES string of the molecule is C/C(=N/OC(=O)CCC(=O)O/N=C(\C)c1ccccc1)c1ccccc1.C/C(=N/OC(=O)CCC(=O)O/N=C(\C)c1ccccc1)c1ccccc1.C/C(=N/OC(=O)CCCC(=O)O/N=C(\C)c1ccccc1)c1ccccc1.O=C(Cc1ccccc1)ON=C1c2ccccc2-c2ccccc21. The van der Waals surface area contributed by atoms with E-state index in [-0.39, 0.29) is 50.9 Å². The number of fused-ring (bicyclic) bond motifs is 3. The Morgan fingerprint density at radius 2 is 0.437 bits per heavy atom. The van der Waals surface area contributed by atoms with E-state index in [0.717, 1.165) is 61.2 Å². The topological polar surface area (TPSA) is 271 Å². The predicted molar refractivity (Wildman–Crippen MR) is 395 cm³/mol. The van der Waals surface area contributed by atoms with Gasteiger partial charge in [-0.2, -0.15) is 0 Å². The molecule has 0 unspecified atom stereocenters. The van der Waals surface area contributed by atoms with Crippen molar-refractivity contribution in [3.8, 4) is 11.1 Å². The smallest absolute Gasteiger partial charge is 0.318 e. The van der Waals surface area contributed by atoms with Gasteiger partial charge in [0.25, 0.3) is 0 Å². The summed E-state index contributed by atoms with van der Waals surface area (Å²) in [5.74, 6) is -3.80. The lowest BCUT2D eigenvalue weighted by Crippen LogP contribution is -2.08. The van der Waals surface area contributed by atoms with Crippen molar-refractivity contribution >= 4 is 81.8 Å². The second-order valence-corrected chi connectivity index (χ2v) is 22.5. The maximum atomic E-state index is 12.1. The minimum Gasteiger partial charge on any atom is -0.318 e. The molecule has 0 aromatic heterocycles. The zero-order valence-corrected chi connectivity index (χ0v) is 57.8. The summed E-state index contributed by atoms with van der Waals surface area (Å²) in [6.45, 7) is 10.5. The van der Waals surface area contributed by atoms with E-state index in [2.05, 4.69) is 48.2 Å². The van der Waals surface area contributed by atoms with Crippen LogP contribution in [0.4, 0.5) is 0 Å². The molecule has 0 heterocycles.